The molecule has 1 saturated heterocycles. The van der Waals surface area contributed by atoms with Crippen LogP contribution in [0, 0.1) is 5.41 Å². The highest BCUT2D eigenvalue weighted by Gasteiger charge is 2.36. The van der Waals surface area contributed by atoms with Gasteiger partial charge in [-0.1, -0.05) is 17.3 Å². The van der Waals surface area contributed by atoms with E-state index in [1.807, 2.05) is 7.05 Å². The van der Waals surface area contributed by atoms with Gasteiger partial charge in [0.05, 0.1) is 0 Å². The van der Waals surface area contributed by atoms with E-state index in [0.717, 1.165) is 17.2 Å². The molecule has 0 aromatic carbocycles. The molecular formula is C13H22N4S. The minimum absolute atomic E-state index is 0.711. The lowest BCUT2D eigenvalue weighted by Crippen LogP contribution is -2.38. The van der Waals surface area contributed by atoms with Gasteiger partial charge in [0, 0.05) is 25.1 Å². The molecule has 18 heavy (non-hydrogen) atoms. The molecule has 100 valence electrons. The number of nitrogens with zero attached hydrogens (tertiary/aromatic N) is 3. The number of rotatable bonds is 3. The van der Waals surface area contributed by atoms with Crippen molar-refractivity contribution in [3.8, 4) is 0 Å². The van der Waals surface area contributed by atoms with Gasteiger partial charge >= 0.3 is 0 Å². The average molecular weight is 266 g/mol. The summed E-state index contributed by atoms with van der Waals surface area (Å²) < 4.78 is 4.03. The van der Waals surface area contributed by atoms with Crippen molar-refractivity contribution in [2.45, 2.75) is 45.1 Å². The van der Waals surface area contributed by atoms with Gasteiger partial charge in [0.15, 0.2) is 0 Å². The van der Waals surface area contributed by atoms with Crippen LogP contribution in [0.2, 0.25) is 0 Å². The van der Waals surface area contributed by atoms with Crippen molar-refractivity contribution in [3.05, 3.63) is 5.69 Å². The number of anilines is 1. The highest BCUT2D eigenvalue weighted by molar-refractivity contribution is 7.10. The maximum atomic E-state index is 4.23. The Morgan fingerprint density at radius 2 is 1.94 bits per heavy atom. The van der Waals surface area contributed by atoms with Crippen LogP contribution in [0.4, 0.5) is 5.00 Å². The highest BCUT2D eigenvalue weighted by atomic mass is 32.1. The maximum Gasteiger partial charge on any atom is 0.134 e. The molecule has 1 aliphatic heterocycles. The molecular weight excluding hydrogens is 244 g/mol. The van der Waals surface area contributed by atoms with E-state index in [4.69, 9.17) is 0 Å². The van der Waals surface area contributed by atoms with Gasteiger partial charge in [-0.15, -0.1) is 5.10 Å². The lowest BCUT2D eigenvalue weighted by Gasteiger charge is -2.39. The zero-order chi connectivity index (χ0) is 12.4. The molecule has 2 aliphatic rings. The summed E-state index contributed by atoms with van der Waals surface area (Å²) >= 11 is 1.46. The molecule has 2 heterocycles. The van der Waals surface area contributed by atoms with Gasteiger partial charge in [0.25, 0.3) is 0 Å². The summed E-state index contributed by atoms with van der Waals surface area (Å²) in [6.07, 6.45) is 8.64. The zero-order valence-corrected chi connectivity index (χ0v) is 11.9. The minimum atomic E-state index is 0.711. The van der Waals surface area contributed by atoms with Crippen molar-refractivity contribution in [1.82, 2.24) is 14.5 Å². The number of piperidine rings is 1. The number of hydrogen-bond donors (Lipinski definition) is 1. The van der Waals surface area contributed by atoms with Crippen molar-refractivity contribution in [2.24, 2.45) is 5.41 Å². The fourth-order valence-corrected chi connectivity index (χ4v) is 4.05. The monoisotopic (exact) mass is 266 g/mol. The number of aromatic nitrogens is 2. The lowest BCUT2D eigenvalue weighted by atomic mass is 9.77. The molecule has 5 heteroatoms. The summed E-state index contributed by atoms with van der Waals surface area (Å²) in [5.74, 6) is 0. The first kappa shape index (κ1) is 12.4. The average Bonchev–Trinajstić information content (AvgIpc) is 3.02. The van der Waals surface area contributed by atoms with Gasteiger partial charge < -0.3 is 5.32 Å². The molecule has 1 N–H and O–H groups in total. The van der Waals surface area contributed by atoms with Crippen LogP contribution in [0.15, 0.2) is 0 Å². The Morgan fingerprint density at radius 3 is 2.61 bits per heavy atom. The first-order chi connectivity index (χ1) is 8.81. The molecule has 2 fully saturated rings. The predicted octanol–water partition coefficient (Wildman–Crippen LogP) is 2.74. The topological polar surface area (TPSA) is 41.1 Å². The smallest absolute Gasteiger partial charge is 0.134 e. The molecule has 0 amide bonds. The third kappa shape index (κ3) is 2.38. The van der Waals surface area contributed by atoms with Crippen LogP contribution in [0.5, 0.6) is 0 Å². The summed E-state index contributed by atoms with van der Waals surface area (Å²) in [4.78, 5) is 2.54. The zero-order valence-electron chi connectivity index (χ0n) is 11.1. The fourth-order valence-electron chi connectivity index (χ4n) is 3.52. The third-order valence-electron chi connectivity index (χ3n) is 4.74. The quantitative estimate of drug-likeness (QED) is 0.913. The van der Waals surface area contributed by atoms with Crippen LogP contribution in [0.1, 0.15) is 44.2 Å². The molecule has 1 aromatic rings. The minimum Gasteiger partial charge on any atom is -0.377 e. The Bertz CT molecular complexity index is 387. The van der Waals surface area contributed by atoms with E-state index < -0.39 is 0 Å². The van der Waals surface area contributed by atoms with E-state index in [9.17, 15) is 0 Å². The summed E-state index contributed by atoms with van der Waals surface area (Å²) in [6, 6.07) is 0. The molecule has 0 radical (unpaired) electrons. The van der Waals surface area contributed by atoms with E-state index in [1.54, 1.807) is 0 Å². The van der Waals surface area contributed by atoms with Crippen LogP contribution < -0.4 is 5.32 Å². The summed E-state index contributed by atoms with van der Waals surface area (Å²) in [5.41, 5.74) is 1.83. The van der Waals surface area contributed by atoms with Crippen molar-refractivity contribution in [1.29, 1.82) is 0 Å². The summed E-state index contributed by atoms with van der Waals surface area (Å²) in [7, 11) is 1.95. The Balaban J connectivity index is 1.57. The van der Waals surface area contributed by atoms with Crippen molar-refractivity contribution >= 4 is 16.5 Å². The van der Waals surface area contributed by atoms with Crippen LogP contribution in [-0.2, 0) is 6.54 Å². The van der Waals surface area contributed by atoms with Gasteiger partial charge in [-0.3, -0.25) is 4.90 Å². The van der Waals surface area contributed by atoms with E-state index in [0.29, 0.717) is 5.41 Å². The number of nitrogens with one attached hydrogen (secondary N) is 1. The van der Waals surface area contributed by atoms with Gasteiger partial charge in [0.1, 0.15) is 10.7 Å². The second-order valence-corrected chi connectivity index (χ2v) is 6.54. The molecule has 1 saturated carbocycles. The van der Waals surface area contributed by atoms with Crippen LogP contribution in [0.3, 0.4) is 0 Å². The predicted molar refractivity (Wildman–Crippen MR) is 74.9 cm³/mol. The fraction of sp³-hybridized carbons (Fsp3) is 0.846. The van der Waals surface area contributed by atoms with Crippen molar-refractivity contribution < 1.29 is 0 Å². The van der Waals surface area contributed by atoms with Gasteiger partial charge in [-0.25, -0.2) is 0 Å². The molecule has 0 bridgehead atoms. The van der Waals surface area contributed by atoms with E-state index in [-0.39, 0.29) is 0 Å². The van der Waals surface area contributed by atoms with Gasteiger partial charge in [0.2, 0.25) is 0 Å². The molecule has 0 unspecified atom stereocenters. The standard InChI is InChI=1S/C13H22N4S/c1-14-12-11(15-16-18-12)10-17-8-6-13(7-9-17)4-2-3-5-13/h14H,2-10H2,1H3. The second kappa shape index (κ2) is 5.13. The van der Waals surface area contributed by atoms with Crippen LogP contribution in [0.25, 0.3) is 0 Å². The maximum absolute atomic E-state index is 4.23. The van der Waals surface area contributed by atoms with Crippen LogP contribution in [-0.4, -0.2) is 34.6 Å². The first-order valence-corrected chi connectivity index (χ1v) is 7.80. The first-order valence-electron chi connectivity index (χ1n) is 7.03. The lowest BCUT2D eigenvalue weighted by molar-refractivity contribution is 0.103. The Kier molecular flexibility index (Phi) is 3.52. The van der Waals surface area contributed by atoms with Crippen molar-refractivity contribution in [2.75, 3.05) is 25.5 Å². The Morgan fingerprint density at radius 1 is 1.22 bits per heavy atom. The molecule has 1 spiro atoms. The Labute approximate surface area is 113 Å². The largest absolute Gasteiger partial charge is 0.377 e. The number of likely N-dealkylation sites (tertiary alicyclic amines) is 1. The molecule has 1 aliphatic carbocycles. The highest BCUT2D eigenvalue weighted by Crippen LogP contribution is 2.46. The van der Waals surface area contributed by atoms with E-state index in [1.165, 1.54) is 63.1 Å². The molecule has 3 rings (SSSR count). The van der Waals surface area contributed by atoms with E-state index >= 15 is 0 Å². The summed E-state index contributed by atoms with van der Waals surface area (Å²) in [6.45, 7) is 3.43. The van der Waals surface area contributed by atoms with E-state index in [2.05, 4.69) is 19.8 Å². The molecule has 1 aromatic heterocycles. The third-order valence-corrected chi connectivity index (χ3v) is 5.52. The second-order valence-electron chi connectivity index (χ2n) is 5.78. The normalized spacial score (nSPS) is 23.6. The molecule has 4 nitrogen and oxygen atoms in total. The van der Waals surface area contributed by atoms with Gasteiger partial charge in [-0.2, -0.15) is 0 Å². The van der Waals surface area contributed by atoms with Gasteiger partial charge in [-0.05, 0) is 44.2 Å². The number of hydrogen-bond acceptors (Lipinski definition) is 5. The van der Waals surface area contributed by atoms with Crippen molar-refractivity contribution in [3.63, 3.8) is 0 Å². The van der Waals surface area contributed by atoms with Crippen LogP contribution >= 0.6 is 11.5 Å². The molecule has 0 atom stereocenters. The Hall–Kier alpha value is -0.680. The summed E-state index contributed by atoms with van der Waals surface area (Å²) in [5, 5.41) is 8.54. The SMILES string of the molecule is CNc1snnc1CN1CCC2(CCCC2)CC1.